The summed E-state index contributed by atoms with van der Waals surface area (Å²) in [6.45, 7) is 1.43. The SMILES string of the molecule is Oc1ccc(C2(c3ccc(OCCCCCCCCCCOc4ccc(C5(c6ccc(O)cc6)c6ccccc6-c6ccccc65)cc4)cc3)c3ccccc3-c3ccccc32)cc1. The predicted molar refractivity (Wildman–Crippen MR) is 259 cm³/mol. The lowest BCUT2D eigenvalue weighted by atomic mass is 9.68. The van der Waals surface area contributed by atoms with Gasteiger partial charge in [0.25, 0.3) is 0 Å². The molecule has 4 nitrogen and oxygen atoms in total. The molecule has 0 heterocycles. The fourth-order valence-corrected chi connectivity index (χ4v) is 10.7. The number of hydrogen-bond acceptors (Lipinski definition) is 4. The summed E-state index contributed by atoms with van der Waals surface area (Å²) < 4.78 is 12.5. The number of fused-ring (bicyclic) bond motifs is 6. The Morgan fingerprint density at radius 2 is 0.531 bits per heavy atom. The molecule has 0 saturated heterocycles. The molecule has 0 unspecified atom stereocenters. The molecule has 10 rings (SSSR count). The molecule has 0 radical (unpaired) electrons. The molecule has 0 saturated carbocycles. The third kappa shape index (κ3) is 7.31. The first-order chi connectivity index (χ1) is 31.6. The summed E-state index contributed by atoms with van der Waals surface area (Å²) in [5, 5.41) is 20.4. The number of unbranched alkanes of at least 4 members (excludes halogenated alkanes) is 7. The Morgan fingerprint density at radius 1 is 0.281 bits per heavy atom. The molecule has 0 spiro atoms. The van der Waals surface area contributed by atoms with Crippen LogP contribution in [-0.2, 0) is 10.8 Å². The van der Waals surface area contributed by atoms with Crippen LogP contribution in [0.4, 0.5) is 0 Å². The Balaban J connectivity index is 0.677. The number of benzene rings is 8. The van der Waals surface area contributed by atoms with Gasteiger partial charge in [0.1, 0.15) is 23.0 Å². The van der Waals surface area contributed by atoms with E-state index in [1.54, 1.807) is 24.3 Å². The molecule has 318 valence electrons. The maximum Gasteiger partial charge on any atom is 0.119 e. The number of rotatable bonds is 17. The third-order valence-electron chi connectivity index (χ3n) is 13.7. The quantitative estimate of drug-likeness (QED) is 0.0897. The first kappa shape index (κ1) is 41.0. The molecule has 2 N–H and O–H groups in total. The molecule has 8 aromatic rings. The van der Waals surface area contributed by atoms with Gasteiger partial charge in [-0.1, -0.05) is 184 Å². The van der Waals surface area contributed by atoms with Crippen molar-refractivity contribution in [2.45, 2.75) is 62.2 Å². The normalized spacial score (nSPS) is 13.7. The van der Waals surface area contributed by atoms with Gasteiger partial charge in [0.2, 0.25) is 0 Å². The minimum atomic E-state index is -0.489. The highest BCUT2D eigenvalue weighted by molar-refractivity contribution is 5.87. The van der Waals surface area contributed by atoms with Gasteiger partial charge in [-0.15, -0.1) is 0 Å². The van der Waals surface area contributed by atoms with E-state index in [0.29, 0.717) is 13.2 Å². The van der Waals surface area contributed by atoms with Gasteiger partial charge in [-0.05, 0) is 128 Å². The molecule has 0 aliphatic heterocycles. The second-order valence-corrected chi connectivity index (χ2v) is 17.4. The van der Waals surface area contributed by atoms with Crippen molar-refractivity contribution in [3.63, 3.8) is 0 Å². The molecule has 0 aromatic heterocycles. The minimum Gasteiger partial charge on any atom is -0.508 e. The molecule has 4 heteroatoms. The molecule has 0 fully saturated rings. The van der Waals surface area contributed by atoms with Crippen LogP contribution in [0.5, 0.6) is 23.0 Å². The van der Waals surface area contributed by atoms with Gasteiger partial charge >= 0.3 is 0 Å². The molecule has 2 aliphatic carbocycles. The van der Waals surface area contributed by atoms with E-state index in [4.69, 9.17) is 9.47 Å². The van der Waals surface area contributed by atoms with Crippen LogP contribution in [0.2, 0.25) is 0 Å². The highest BCUT2D eigenvalue weighted by atomic mass is 16.5. The summed E-state index contributed by atoms with van der Waals surface area (Å²) in [5.74, 6) is 2.32. The van der Waals surface area contributed by atoms with Crippen molar-refractivity contribution in [3.8, 4) is 45.3 Å². The van der Waals surface area contributed by atoms with Crippen LogP contribution in [-0.4, -0.2) is 23.4 Å². The maximum absolute atomic E-state index is 10.2. The maximum atomic E-state index is 10.2. The van der Waals surface area contributed by atoms with Crippen molar-refractivity contribution in [2.24, 2.45) is 0 Å². The van der Waals surface area contributed by atoms with Crippen LogP contribution in [0.25, 0.3) is 22.3 Å². The largest absolute Gasteiger partial charge is 0.508 e. The highest BCUT2D eigenvalue weighted by Gasteiger charge is 2.47. The predicted octanol–water partition coefficient (Wildman–Crippen LogP) is 14.4. The fourth-order valence-electron chi connectivity index (χ4n) is 10.7. The van der Waals surface area contributed by atoms with E-state index in [9.17, 15) is 10.2 Å². The minimum absolute atomic E-state index is 0.267. The van der Waals surface area contributed by atoms with Gasteiger partial charge in [-0.3, -0.25) is 0 Å². The van der Waals surface area contributed by atoms with Crippen LogP contribution in [0.15, 0.2) is 194 Å². The summed E-state index contributed by atoms with van der Waals surface area (Å²) in [6, 6.07) is 67.5. The van der Waals surface area contributed by atoms with Crippen LogP contribution in [0, 0.1) is 0 Å². The lowest BCUT2D eigenvalue weighted by Crippen LogP contribution is -2.28. The molecule has 0 bridgehead atoms. The standard InChI is InChI=1S/C60H54O4/c61-47-33-25-43(26-34-47)59(55-21-11-7-17-51(55)52-18-8-12-22-56(52)59)45-29-37-49(38-30-45)63-41-15-5-3-1-2-4-6-16-42-64-50-39-31-46(32-40-50)60(44-27-35-48(62)36-28-44)57-23-13-9-19-53(57)54-20-10-14-24-58(54)60/h7-14,17-40,61-62H,1-6,15-16,41-42H2. The van der Waals surface area contributed by atoms with Crippen molar-refractivity contribution in [1.29, 1.82) is 0 Å². The molecule has 0 amide bonds. The zero-order valence-electron chi connectivity index (χ0n) is 36.3. The zero-order chi connectivity index (χ0) is 43.4. The number of hydrogen-bond donors (Lipinski definition) is 2. The Kier molecular flexibility index (Phi) is 11.5. The second kappa shape index (κ2) is 18.0. The zero-order valence-corrected chi connectivity index (χ0v) is 36.3. The molecule has 8 aromatic carbocycles. The number of phenolic OH excluding ortho intramolecular Hbond substituents is 2. The van der Waals surface area contributed by atoms with Crippen LogP contribution >= 0.6 is 0 Å². The first-order valence-corrected chi connectivity index (χ1v) is 23.0. The molecule has 2 aliphatic rings. The van der Waals surface area contributed by atoms with E-state index in [1.165, 1.54) is 94.2 Å². The summed E-state index contributed by atoms with van der Waals surface area (Å²) in [4.78, 5) is 0. The van der Waals surface area contributed by atoms with Crippen molar-refractivity contribution in [1.82, 2.24) is 0 Å². The van der Waals surface area contributed by atoms with Gasteiger partial charge in [-0.2, -0.15) is 0 Å². The van der Waals surface area contributed by atoms with Gasteiger partial charge < -0.3 is 19.7 Å². The lowest BCUT2D eigenvalue weighted by molar-refractivity contribution is 0.301. The monoisotopic (exact) mass is 838 g/mol. The number of ether oxygens (including phenoxy) is 2. The average Bonchev–Trinajstić information content (AvgIpc) is 3.82. The van der Waals surface area contributed by atoms with Crippen LogP contribution in [0.1, 0.15) is 95.9 Å². The van der Waals surface area contributed by atoms with Crippen molar-refractivity contribution >= 4 is 0 Å². The van der Waals surface area contributed by atoms with E-state index in [1.807, 2.05) is 0 Å². The Bertz CT molecular complexity index is 2550. The summed E-state index contributed by atoms with van der Waals surface area (Å²) in [7, 11) is 0. The van der Waals surface area contributed by atoms with E-state index in [2.05, 4.69) is 170 Å². The topological polar surface area (TPSA) is 58.9 Å². The lowest BCUT2D eigenvalue weighted by Gasteiger charge is -2.34. The number of aromatic hydroxyl groups is 2. The van der Waals surface area contributed by atoms with Crippen molar-refractivity contribution in [3.05, 3.63) is 239 Å². The van der Waals surface area contributed by atoms with Gasteiger partial charge in [-0.25, -0.2) is 0 Å². The number of phenols is 2. The van der Waals surface area contributed by atoms with Crippen molar-refractivity contribution < 1.29 is 19.7 Å². The van der Waals surface area contributed by atoms with Gasteiger partial charge in [0.05, 0.1) is 24.0 Å². The highest BCUT2D eigenvalue weighted by Crippen LogP contribution is 2.57. The van der Waals surface area contributed by atoms with E-state index >= 15 is 0 Å². The summed E-state index contributed by atoms with van der Waals surface area (Å²) in [6.07, 6.45) is 9.35. The smallest absolute Gasteiger partial charge is 0.119 e. The summed E-state index contributed by atoms with van der Waals surface area (Å²) in [5.41, 5.74) is 13.7. The summed E-state index contributed by atoms with van der Waals surface area (Å²) >= 11 is 0. The molecular weight excluding hydrogens is 785 g/mol. The average molecular weight is 839 g/mol. The van der Waals surface area contributed by atoms with Gasteiger partial charge in [0.15, 0.2) is 0 Å². The second-order valence-electron chi connectivity index (χ2n) is 17.4. The van der Waals surface area contributed by atoms with E-state index in [-0.39, 0.29) is 11.5 Å². The van der Waals surface area contributed by atoms with Crippen LogP contribution < -0.4 is 9.47 Å². The van der Waals surface area contributed by atoms with Gasteiger partial charge in [0, 0.05) is 0 Å². The molecule has 0 atom stereocenters. The van der Waals surface area contributed by atoms with E-state index in [0.717, 1.165) is 35.5 Å². The Labute approximate surface area is 377 Å². The molecule has 64 heavy (non-hydrogen) atoms. The van der Waals surface area contributed by atoms with Crippen LogP contribution in [0.3, 0.4) is 0 Å². The Hall–Kier alpha value is -7.04. The molecular formula is C60H54O4. The first-order valence-electron chi connectivity index (χ1n) is 23.0. The van der Waals surface area contributed by atoms with Crippen molar-refractivity contribution in [2.75, 3.05) is 13.2 Å². The Morgan fingerprint density at radius 3 is 0.828 bits per heavy atom. The van der Waals surface area contributed by atoms with E-state index < -0.39 is 10.8 Å². The third-order valence-corrected chi connectivity index (χ3v) is 13.7. The fraction of sp³-hybridized carbons (Fsp3) is 0.200.